The maximum absolute atomic E-state index is 13.8. The summed E-state index contributed by atoms with van der Waals surface area (Å²) in [5.74, 6) is -1.82. The Morgan fingerprint density at radius 1 is 1.15 bits per heavy atom. The van der Waals surface area contributed by atoms with Crippen molar-refractivity contribution in [3.05, 3.63) is 53.1 Å². The van der Waals surface area contributed by atoms with Gasteiger partial charge in [-0.15, -0.1) is 0 Å². The molecule has 3 amide bonds. The Morgan fingerprint density at radius 3 is 2.71 bits per heavy atom. The minimum Gasteiger partial charge on any atom is -0.454 e. The fraction of sp³-hybridized carbons (Fsp3) is 0.400. The fourth-order valence-corrected chi connectivity index (χ4v) is 5.97. The highest BCUT2D eigenvalue weighted by Crippen LogP contribution is 2.54. The molecule has 34 heavy (non-hydrogen) atoms. The monoisotopic (exact) mass is 463 g/mol. The number of anilines is 1. The highest BCUT2D eigenvalue weighted by Gasteiger charge is 2.71. The number of hydrogen-bond donors (Lipinski definition) is 3. The van der Waals surface area contributed by atoms with Gasteiger partial charge in [0, 0.05) is 17.3 Å². The third kappa shape index (κ3) is 2.65. The summed E-state index contributed by atoms with van der Waals surface area (Å²) in [6.07, 6.45) is -0.239. The lowest BCUT2D eigenvalue weighted by molar-refractivity contribution is -0.143. The number of hydrogen-bond acceptors (Lipinski definition) is 7. The first-order valence-corrected chi connectivity index (χ1v) is 11.5. The van der Waals surface area contributed by atoms with E-state index >= 15 is 0 Å². The number of imide groups is 1. The molecule has 2 fully saturated rings. The molecular formula is C25H25N3O6. The number of aliphatic hydroxyl groups is 1. The number of ether oxygens (including phenoxy) is 2. The van der Waals surface area contributed by atoms with Gasteiger partial charge in [0.05, 0.1) is 24.5 Å². The van der Waals surface area contributed by atoms with Crippen LogP contribution in [0.15, 0.2) is 36.4 Å². The molecule has 4 heterocycles. The molecule has 6 rings (SSSR count). The Balaban J connectivity index is 1.43. The molecule has 9 nitrogen and oxygen atoms in total. The number of aliphatic hydroxyl groups excluding tert-OH is 1. The van der Waals surface area contributed by atoms with Gasteiger partial charge >= 0.3 is 0 Å². The number of para-hydroxylation sites is 1. The maximum atomic E-state index is 13.8. The Bertz CT molecular complexity index is 1240. The highest BCUT2D eigenvalue weighted by atomic mass is 16.7. The van der Waals surface area contributed by atoms with E-state index in [4.69, 9.17) is 9.47 Å². The van der Waals surface area contributed by atoms with Crippen molar-refractivity contribution in [2.75, 3.05) is 12.1 Å². The van der Waals surface area contributed by atoms with Gasteiger partial charge in [0.2, 0.25) is 24.5 Å². The van der Waals surface area contributed by atoms with E-state index in [0.29, 0.717) is 34.7 Å². The van der Waals surface area contributed by atoms with Crippen LogP contribution in [-0.2, 0) is 32.9 Å². The second kappa shape index (κ2) is 7.28. The quantitative estimate of drug-likeness (QED) is 0.585. The van der Waals surface area contributed by atoms with E-state index in [-0.39, 0.29) is 19.2 Å². The molecular weight excluding hydrogens is 438 g/mol. The minimum atomic E-state index is -1.41. The largest absolute Gasteiger partial charge is 0.454 e. The number of likely N-dealkylation sites (tertiary alicyclic amines) is 1. The molecule has 176 valence electrons. The van der Waals surface area contributed by atoms with Gasteiger partial charge in [0.15, 0.2) is 11.5 Å². The second-order valence-electron chi connectivity index (χ2n) is 9.32. The molecule has 4 aliphatic rings. The van der Waals surface area contributed by atoms with Crippen LogP contribution in [0.3, 0.4) is 0 Å². The van der Waals surface area contributed by atoms with Gasteiger partial charge in [-0.2, -0.15) is 0 Å². The number of carbonyl (C=O) groups excluding carboxylic acids is 3. The minimum absolute atomic E-state index is 0.0490. The van der Waals surface area contributed by atoms with Crippen LogP contribution >= 0.6 is 0 Å². The molecule has 2 aromatic carbocycles. The first kappa shape index (κ1) is 21.1. The molecule has 0 aromatic heterocycles. The smallest absolute Gasteiger partial charge is 0.250 e. The van der Waals surface area contributed by atoms with Crippen molar-refractivity contribution in [3.63, 3.8) is 0 Å². The summed E-state index contributed by atoms with van der Waals surface area (Å²) in [6.45, 7) is 3.74. The number of aryl methyl sites for hydroxylation is 1. The first-order chi connectivity index (χ1) is 16.4. The molecule has 4 aliphatic heterocycles. The van der Waals surface area contributed by atoms with Gasteiger partial charge in [-0.25, -0.2) is 0 Å². The maximum Gasteiger partial charge on any atom is 0.250 e. The zero-order chi connectivity index (χ0) is 23.8. The molecule has 5 atom stereocenters. The van der Waals surface area contributed by atoms with Crippen molar-refractivity contribution in [3.8, 4) is 11.5 Å². The van der Waals surface area contributed by atoms with E-state index in [1.165, 1.54) is 4.90 Å². The van der Waals surface area contributed by atoms with Crippen molar-refractivity contribution in [2.24, 2.45) is 11.8 Å². The number of carbonyl (C=O) groups is 3. The van der Waals surface area contributed by atoms with Crippen LogP contribution in [0.4, 0.5) is 5.69 Å². The van der Waals surface area contributed by atoms with E-state index in [1.54, 1.807) is 25.1 Å². The van der Waals surface area contributed by atoms with Crippen LogP contribution in [0, 0.1) is 11.8 Å². The van der Waals surface area contributed by atoms with E-state index in [9.17, 15) is 19.5 Å². The number of amides is 3. The van der Waals surface area contributed by atoms with Gasteiger partial charge in [-0.1, -0.05) is 31.2 Å². The summed E-state index contributed by atoms with van der Waals surface area (Å²) >= 11 is 0. The van der Waals surface area contributed by atoms with Crippen molar-refractivity contribution in [1.29, 1.82) is 0 Å². The number of nitrogens with zero attached hydrogens (tertiary/aromatic N) is 1. The van der Waals surface area contributed by atoms with Gasteiger partial charge in [-0.05, 0) is 36.6 Å². The van der Waals surface area contributed by atoms with E-state index < -0.39 is 41.3 Å². The average molecular weight is 463 g/mol. The predicted octanol–water partition coefficient (Wildman–Crippen LogP) is 1.28. The molecule has 3 N–H and O–H groups in total. The zero-order valence-electron chi connectivity index (χ0n) is 18.8. The summed E-state index contributed by atoms with van der Waals surface area (Å²) in [5, 5.41) is 16.7. The third-order valence-electron chi connectivity index (χ3n) is 7.54. The van der Waals surface area contributed by atoms with E-state index in [2.05, 4.69) is 10.6 Å². The van der Waals surface area contributed by atoms with Gasteiger partial charge < -0.3 is 19.9 Å². The average Bonchev–Trinajstić information content (AvgIpc) is 3.55. The normalized spacial score (nSPS) is 29.6. The van der Waals surface area contributed by atoms with Crippen LogP contribution in [0.25, 0.3) is 0 Å². The highest BCUT2D eigenvalue weighted by molar-refractivity contribution is 6.15. The van der Waals surface area contributed by atoms with Crippen molar-refractivity contribution >= 4 is 23.4 Å². The van der Waals surface area contributed by atoms with Gasteiger partial charge in [-0.3, -0.25) is 24.6 Å². The zero-order valence-corrected chi connectivity index (χ0v) is 18.8. The lowest BCUT2D eigenvalue weighted by Gasteiger charge is -2.30. The molecule has 0 saturated carbocycles. The van der Waals surface area contributed by atoms with E-state index in [0.717, 1.165) is 5.56 Å². The van der Waals surface area contributed by atoms with Crippen molar-refractivity contribution in [2.45, 2.75) is 44.5 Å². The summed E-state index contributed by atoms with van der Waals surface area (Å²) in [4.78, 5) is 42.1. The molecule has 0 unspecified atom stereocenters. The van der Waals surface area contributed by atoms with Gasteiger partial charge in [0.25, 0.3) is 0 Å². The third-order valence-corrected chi connectivity index (χ3v) is 7.54. The topological polar surface area (TPSA) is 117 Å². The van der Waals surface area contributed by atoms with Crippen LogP contribution < -0.4 is 20.1 Å². The number of fused-ring (bicyclic) bond motifs is 5. The second-order valence-corrected chi connectivity index (χ2v) is 9.32. The summed E-state index contributed by atoms with van der Waals surface area (Å²) in [6, 6.07) is 10.2. The number of benzene rings is 2. The molecule has 1 spiro atoms. The van der Waals surface area contributed by atoms with E-state index in [1.807, 2.05) is 25.1 Å². The van der Waals surface area contributed by atoms with Crippen LogP contribution in [0.2, 0.25) is 0 Å². The summed E-state index contributed by atoms with van der Waals surface area (Å²) < 4.78 is 10.8. The molecule has 2 aromatic rings. The Labute approximate surface area is 196 Å². The predicted molar refractivity (Wildman–Crippen MR) is 120 cm³/mol. The summed E-state index contributed by atoms with van der Waals surface area (Å²) in [7, 11) is 0. The number of rotatable bonds is 4. The summed E-state index contributed by atoms with van der Waals surface area (Å²) in [5.41, 5.74) is 1.59. The molecule has 0 radical (unpaired) electrons. The molecule has 0 aliphatic carbocycles. The van der Waals surface area contributed by atoms with Gasteiger partial charge in [0.1, 0.15) is 5.54 Å². The van der Waals surface area contributed by atoms with Crippen molar-refractivity contribution < 1.29 is 29.0 Å². The number of nitrogens with one attached hydrogen (secondary N) is 2. The van der Waals surface area contributed by atoms with Crippen molar-refractivity contribution in [1.82, 2.24) is 10.2 Å². The lowest BCUT2D eigenvalue weighted by Crippen LogP contribution is -2.54. The molecule has 0 bridgehead atoms. The Kier molecular flexibility index (Phi) is 4.53. The molecule has 2 saturated heterocycles. The van der Waals surface area contributed by atoms with Crippen LogP contribution in [0.5, 0.6) is 11.5 Å². The fourth-order valence-electron chi connectivity index (χ4n) is 5.97. The first-order valence-electron chi connectivity index (χ1n) is 11.5. The SMILES string of the molecule is CCc1cccc2c1NC(=O)[C@@]21N[C@@H]([C@@H](C)O)[C@H]2C(=O)N(Cc3ccc4c(c3)OCO4)C(=O)[C@@H]21. The Morgan fingerprint density at radius 2 is 1.94 bits per heavy atom. The Hall–Kier alpha value is -3.43. The van der Waals surface area contributed by atoms with Crippen LogP contribution in [0.1, 0.15) is 30.5 Å². The standard InChI is InChI=1S/C25H25N3O6/c1-3-14-5-4-6-15-21(14)26-24(32)25(15)19-18(20(27-25)12(2)29)22(30)28(23(19)31)10-13-7-8-16-17(9-13)34-11-33-16/h4-9,12,18-20,27,29H,3,10-11H2,1-2H3,(H,26,32)/t12-,18+,19-,20+,25-/m1/s1. The molecule has 9 heteroatoms. The lowest BCUT2D eigenvalue weighted by atomic mass is 9.76. The van der Waals surface area contributed by atoms with Crippen LogP contribution in [-0.4, -0.2) is 46.7 Å².